The first kappa shape index (κ1) is 24.7. The minimum absolute atomic E-state index is 0.811. The zero-order chi connectivity index (χ0) is 20.6. The standard InChI is InChI=1S/C28H50O/c1-3-25-15-19-27(20-16-25)13-9-5-7-11-23-29-24-12-8-6-10-14-28-21-17-26(4-2)18-22-28/h3-4,25-28H,1-2,5-24H2. The molecule has 2 rings (SSSR count). The lowest BCUT2D eigenvalue weighted by molar-refractivity contribution is 0.125. The van der Waals surface area contributed by atoms with Gasteiger partial charge >= 0.3 is 0 Å². The maximum atomic E-state index is 5.86. The van der Waals surface area contributed by atoms with Crippen LogP contribution >= 0.6 is 0 Å². The fourth-order valence-corrected chi connectivity index (χ4v) is 5.51. The second-order valence-corrected chi connectivity index (χ2v) is 10.1. The Labute approximate surface area is 182 Å². The van der Waals surface area contributed by atoms with E-state index < -0.39 is 0 Å². The summed E-state index contributed by atoms with van der Waals surface area (Å²) in [6.07, 6.45) is 29.5. The zero-order valence-corrected chi connectivity index (χ0v) is 19.4. The van der Waals surface area contributed by atoms with Crippen molar-refractivity contribution in [2.75, 3.05) is 13.2 Å². The van der Waals surface area contributed by atoms with Gasteiger partial charge in [0.2, 0.25) is 0 Å². The van der Waals surface area contributed by atoms with E-state index in [4.69, 9.17) is 4.74 Å². The Bertz CT molecular complexity index is 361. The molecule has 0 aromatic rings. The SMILES string of the molecule is C=CC1CCC(CCCCCCOCCCCCCC2CCC(C=C)CC2)CC1. The Morgan fingerprint density at radius 2 is 0.897 bits per heavy atom. The van der Waals surface area contributed by atoms with Crippen molar-refractivity contribution in [3.05, 3.63) is 25.3 Å². The molecule has 0 atom stereocenters. The van der Waals surface area contributed by atoms with Crippen LogP contribution in [0.1, 0.15) is 116 Å². The van der Waals surface area contributed by atoms with Gasteiger partial charge in [-0.2, -0.15) is 0 Å². The molecule has 29 heavy (non-hydrogen) atoms. The lowest BCUT2D eigenvalue weighted by atomic mass is 9.80. The molecule has 2 aliphatic carbocycles. The molecular formula is C28H50O. The van der Waals surface area contributed by atoms with Crippen molar-refractivity contribution >= 4 is 0 Å². The highest BCUT2D eigenvalue weighted by Crippen LogP contribution is 2.33. The van der Waals surface area contributed by atoms with E-state index in [1.165, 1.54) is 116 Å². The summed E-state index contributed by atoms with van der Waals surface area (Å²) in [5.41, 5.74) is 0. The number of rotatable bonds is 16. The summed E-state index contributed by atoms with van der Waals surface area (Å²) in [6, 6.07) is 0. The van der Waals surface area contributed by atoms with Crippen LogP contribution in [-0.2, 0) is 4.74 Å². The van der Waals surface area contributed by atoms with E-state index >= 15 is 0 Å². The van der Waals surface area contributed by atoms with E-state index in [-0.39, 0.29) is 0 Å². The Morgan fingerprint density at radius 1 is 0.517 bits per heavy atom. The molecular weight excluding hydrogens is 352 g/mol. The van der Waals surface area contributed by atoms with E-state index in [1.807, 2.05) is 0 Å². The molecule has 0 radical (unpaired) electrons. The molecule has 0 saturated heterocycles. The number of ether oxygens (including phenoxy) is 1. The quantitative estimate of drug-likeness (QED) is 0.185. The van der Waals surface area contributed by atoms with Crippen LogP contribution in [-0.4, -0.2) is 13.2 Å². The van der Waals surface area contributed by atoms with Crippen molar-refractivity contribution in [3.63, 3.8) is 0 Å². The maximum absolute atomic E-state index is 5.86. The topological polar surface area (TPSA) is 9.23 Å². The third-order valence-electron chi connectivity index (χ3n) is 7.75. The number of unbranched alkanes of at least 4 members (excludes halogenated alkanes) is 6. The van der Waals surface area contributed by atoms with Crippen molar-refractivity contribution in [3.8, 4) is 0 Å². The summed E-state index contributed by atoms with van der Waals surface area (Å²) in [7, 11) is 0. The molecule has 1 nitrogen and oxygen atoms in total. The van der Waals surface area contributed by atoms with Crippen molar-refractivity contribution in [1.82, 2.24) is 0 Å². The van der Waals surface area contributed by atoms with Crippen molar-refractivity contribution in [2.24, 2.45) is 23.7 Å². The summed E-state index contributed by atoms with van der Waals surface area (Å²) in [4.78, 5) is 0. The average molecular weight is 403 g/mol. The maximum Gasteiger partial charge on any atom is 0.0466 e. The van der Waals surface area contributed by atoms with E-state index in [2.05, 4.69) is 25.3 Å². The van der Waals surface area contributed by atoms with Gasteiger partial charge in [-0.3, -0.25) is 0 Å². The van der Waals surface area contributed by atoms with Gasteiger partial charge < -0.3 is 4.74 Å². The van der Waals surface area contributed by atoms with Gasteiger partial charge in [0.15, 0.2) is 0 Å². The van der Waals surface area contributed by atoms with Gasteiger partial charge in [-0.1, -0.05) is 63.5 Å². The van der Waals surface area contributed by atoms with Gasteiger partial charge in [0.25, 0.3) is 0 Å². The molecule has 0 aromatic heterocycles. The van der Waals surface area contributed by atoms with Gasteiger partial charge in [-0.05, 0) is 87.9 Å². The second-order valence-electron chi connectivity index (χ2n) is 10.1. The van der Waals surface area contributed by atoms with Crippen LogP contribution in [0.5, 0.6) is 0 Å². The minimum atomic E-state index is 0.811. The highest BCUT2D eigenvalue weighted by atomic mass is 16.5. The average Bonchev–Trinajstić information content (AvgIpc) is 2.77. The predicted molar refractivity (Wildman–Crippen MR) is 128 cm³/mol. The van der Waals surface area contributed by atoms with E-state index in [0.717, 1.165) is 36.9 Å². The smallest absolute Gasteiger partial charge is 0.0466 e. The van der Waals surface area contributed by atoms with Crippen LogP contribution in [0.25, 0.3) is 0 Å². The summed E-state index contributed by atoms with van der Waals surface area (Å²) in [5.74, 6) is 3.63. The monoisotopic (exact) mass is 402 g/mol. The number of allylic oxidation sites excluding steroid dienone is 2. The molecule has 0 bridgehead atoms. The largest absolute Gasteiger partial charge is 0.381 e. The normalized spacial score (nSPS) is 27.6. The van der Waals surface area contributed by atoms with Crippen molar-refractivity contribution < 1.29 is 4.74 Å². The molecule has 0 spiro atoms. The van der Waals surface area contributed by atoms with E-state index in [0.29, 0.717) is 0 Å². The van der Waals surface area contributed by atoms with Crippen LogP contribution < -0.4 is 0 Å². The molecule has 1 heteroatoms. The third-order valence-corrected chi connectivity index (χ3v) is 7.75. The highest BCUT2D eigenvalue weighted by molar-refractivity contribution is 4.84. The molecule has 0 unspecified atom stereocenters. The Morgan fingerprint density at radius 3 is 1.28 bits per heavy atom. The molecule has 2 aliphatic rings. The van der Waals surface area contributed by atoms with E-state index in [1.54, 1.807) is 0 Å². The first-order chi connectivity index (χ1) is 14.3. The molecule has 0 aromatic carbocycles. The first-order valence-electron chi connectivity index (χ1n) is 13.1. The Hall–Kier alpha value is -0.560. The van der Waals surface area contributed by atoms with Gasteiger partial charge in [0.1, 0.15) is 0 Å². The van der Waals surface area contributed by atoms with Crippen LogP contribution in [0.2, 0.25) is 0 Å². The summed E-state index contributed by atoms with van der Waals surface area (Å²) in [5, 5.41) is 0. The fraction of sp³-hybridized carbons (Fsp3) is 0.857. The molecule has 0 amide bonds. The Kier molecular flexibility index (Phi) is 13.8. The lowest BCUT2D eigenvalue weighted by Crippen LogP contribution is -2.12. The third kappa shape index (κ3) is 11.4. The Balaban J connectivity index is 1.26. The van der Waals surface area contributed by atoms with Gasteiger partial charge in [-0.15, -0.1) is 13.2 Å². The summed E-state index contributed by atoms with van der Waals surface area (Å²) >= 11 is 0. The summed E-state index contributed by atoms with van der Waals surface area (Å²) < 4.78 is 5.86. The number of hydrogen-bond acceptors (Lipinski definition) is 1. The lowest BCUT2D eigenvalue weighted by Gasteiger charge is -2.26. The van der Waals surface area contributed by atoms with Crippen molar-refractivity contribution in [2.45, 2.75) is 116 Å². The van der Waals surface area contributed by atoms with Crippen molar-refractivity contribution in [1.29, 1.82) is 0 Å². The summed E-state index contributed by atoms with van der Waals surface area (Å²) in [6.45, 7) is 9.87. The second kappa shape index (κ2) is 16.2. The van der Waals surface area contributed by atoms with Crippen LogP contribution in [0.4, 0.5) is 0 Å². The first-order valence-corrected chi connectivity index (χ1v) is 13.1. The molecule has 168 valence electrons. The van der Waals surface area contributed by atoms with Crippen LogP contribution in [0.15, 0.2) is 25.3 Å². The van der Waals surface area contributed by atoms with Gasteiger partial charge in [0, 0.05) is 13.2 Å². The van der Waals surface area contributed by atoms with Gasteiger partial charge in [-0.25, -0.2) is 0 Å². The molecule has 0 heterocycles. The fourth-order valence-electron chi connectivity index (χ4n) is 5.51. The minimum Gasteiger partial charge on any atom is -0.381 e. The molecule has 0 N–H and O–H groups in total. The van der Waals surface area contributed by atoms with E-state index in [9.17, 15) is 0 Å². The predicted octanol–water partition coefficient (Wildman–Crippen LogP) is 8.89. The van der Waals surface area contributed by atoms with Crippen LogP contribution in [0.3, 0.4) is 0 Å². The van der Waals surface area contributed by atoms with Gasteiger partial charge in [0.05, 0.1) is 0 Å². The zero-order valence-electron chi connectivity index (χ0n) is 19.4. The molecule has 2 fully saturated rings. The van der Waals surface area contributed by atoms with Crippen LogP contribution in [0, 0.1) is 23.7 Å². The molecule has 0 aliphatic heterocycles. The molecule has 2 saturated carbocycles. The number of hydrogen-bond donors (Lipinski definition) is 0. The highest BCUT2D eigenvalue weighted by Gasteiger charge is 2.19.